The minimum absolute atomic E-state index is 0.0761. The molecule has 0 heterocycles. The Balaban J connectivity index is 2.11. The van der Waals surface area contributed by atoms with Gasteiger partial charge in [0.15, 0.2) is 0 Å². The highest BCUT2D eigenvalue weighted by molar-refractivity contribution is 5.94. The van der Waals surface area contributed by atoms with Crippen molar-refractivity contribution in [3.8, 4) is 11.5 Å². The summed E-state index contributed by atoms with van der Waals surface area (Å²) in [6.45, 7) is 2.00. The molecule has 0 saturated carbocycles. The van der Waals surface area contributed by atoms with E-state index in [2.05, 4.69) is 5.32 Å². The fourth-order valence-electron chi connectivity index (χ4n) is 2.08. The molecule has 2 aromatic rings. The van der Waals surface area contributed by atoms with E-state index in [1.807, 2.05) is 31.2 Å². The van der Waals surface area contributed by atoms with E-state index in [1.54, 1.807) is 32.4 Å². The van der Waals surface area contributed by atoms with Crippen molar-refractivity contribution in [2.24, 2.45) is 0 Å². The summed E-state index contributed by atoms with van der Waals surface area (Å²) >= 11 is 0. The van der Waals surface area contributed by atoms with E-state index in [9.17, 15) is 4.79 Å². The number of nitrogens with one attached hydrogen (secondary N) is 1. The molecule has 1 amide bonds. The zero-order chi connectivity index (χ0) is 15.2. The van der Waals surface area contributed by atoms with Crippen molar-refractivity contribution in [3.05, 3.63) is 53.6 Å². The van der Waals surface area contributed by atoms with Crippen molar-refractivity contribution in [1.82, 2.24) is 0 Å². The van der Waals surface area contributed by atoms with Gasteiger partial charge in [0.2, 0.25) is 5.91 Å². The molecule has 0 aromatic heterocycles. The molecule has 4 heteroatoms. The molecule has 21 heavy (non-hydrogen) atoms. The topological polar surface area (TPSA) is 47.6 Å². The molecular formula is C17H19NO3. The van der Waals surface area contributed by atoms with Gasteiger partial charge >= 0.3 is 0 Å². The number of carbonyl (C=O) groups excluding carboxylic acids is 1. The van der Waals surface area contributed by atoms with Crippen LogP contribution in [0.25, 0.3) is 0 Å². The van der Waals surface area contributed by atoms with Crippen molar-refractivity contribution in [2.45, 2.75) is 13.3 Å². The van der Waals surface area contributed by atoms with Crippen LogP contribution in [0.2, 0.25) is 0 Å². The Morgan fingerprint density at radius 2 is 1.86 bits per heavy atom. The van der Waals surface area contributed by atoms with Gasteiger partial charge < -0.3 is 14.8 Å². The van der Waals surface area contributed by atoms with Crippen molar-refractivity contribution in [1.29, 1.82) is 0 Å². The van der Waals surface area contributed by atoms with Crippen LogP contribution in [0.4, 0.5) is 5.69 Å². The number of methoxy groups -OCH3 is 2. The molecule has 0 radical (unpaired) electrons. The van der Waals surface area contributed by atoms with Crippen LogP contribution < -0.4 is 14.8 Å². The van der Waals surface area contributed by atoms with Crippen LogP contribution >= 0.6 is 0 Å². The molecule has 2 rings (SSSR count). The molecule has 0 saturated heterocycles. The van der Waals surface area contributed by atoms with Crippen LogP contribution in [0.3, 0.4) is 0 Å². The molecule has 110 valence electrons. The highest BCUT2D eigenvalue weighted by atomic mass is 16.5. The summed E-state index contributed by atoms with van der Waals surface area (Å²) in [5, 5.41) is 2.87. The highest BCUT2D eigenvalue weighted by Gasteiger charge is 2.10. The van der Waals surface area contributed by atoms with Crippen molar-refractivity contribution >= 4 is 11.6 Å². The van der Waals surface area contributed by atoms with Gasteiger partial charge in [-0.05, 0) is 30.2 Å². The van der Waals surface area contributed by atoms with Crippen molar-refractivity contribution < 1.29 is 14.3 Å². The average Bonchev–Trinajstić information content (AvgIpc) is 2.50. The van der Waals surface area contributed by atoms with Gasteiger partial charge in [-0.1, -0.05) is 24.3 Å². The SMILES string of the molecule is COc1ccc(NC(=O)Cc2ccccc2C)c(OC)c1. The Hall–Kier alpha value is -2.49. The van der Waals surface area contributed by atoms with Crippen LogP contribution in [0.15, 0.2) is 42.5 Å². The molecule has 0 fully saturated rings. The van der Waals surface area contributed by atoms with Gasteiger partial charge in [0.25, 0.3) is 0 Å². The number of aryl methyl sites for hydroxylation is 1. The number of hydrogen-bond donors (Lipinski definition) is 1. The third-order valence-electron chi connectivity index (χ3n) is 3.30. The van der Waals surface area contributed by atoms with E-state index >= 15 is 0 Å². The minimum atomic E-state index is -0.0761. The number of hydrogen-bond acceptors (Lipinski definition) is 3. The monoisotopic (exact) mass is 285 g/mol. The smallest absolute Gasteiger partial charge is 0.228 e. The number of benzene rings is 2. The standard InChI is InChI=1S/C17H19NO3/c1-12-6-4-5-7-13(12)10-17(19)18-15-9-8-14(20-2)11-16(15)21-3/h4-9,11H,10H2,1-3H3,(H,18,19). The fourth-order valence-corrected chi connectivity index (χ4v) is 2.08. The van der Waals surface area contributed by atoms with E-state index < -0.39 is 0 Å². The molecule has 0 bridgehead atoms. The van der Waals surface area contributed by atoms with Gasteiger partial charge in [0, 0.05) is 6.07 Å². The lowest BCUT2D eigenvalue weighted by atomic mass is 10.1. The van der Waals surface area contributed by atoms with Crippen molar-refractivity contribution in [2.75, 3.05) is 19.5 Å². The Labute approximate surface area is 124 Å². The van der Waals surface area contributed by atoms with Gasteiger partial charge in [-0.25, -0.2) is 0 Å². The first-order valence-electron chi connectivity index (χ1n) is 6.70. The van der Waals surface area contributed by atoms with E-state index in [-0.39, 0.29) is 5.91 Å². The minimum Gasteiger partial charge on any atom is -0.497 e. The van der Waals surface area contributed by atoms with Gasteiger partial charge in [0.1, 0.15) is 11.5 Å². The highest BCUT2D eigenvalue weighted by Crippen LogP contribution is 2.29. The van der Waals surface area contributed by atoms with E-state index in [4.69, 9.17) is 9.47 Å². The molecule has 0 aliphatic heterocycles. The van der Waals surface area contributed by atoms with Gasteiger partial charge in [-0.3, -0.25) is 4.79 Å². The molecule has 0 aliphatic rings. The third kappa shape index (κ3) is 3.75. The Morgan fingerprint density at radius 1 is 1.10 bits per heavy atom. The molecule has 0 atom stereocenters. The molecule has 0 aliphatic carbocycles. The van der Waals surface area contributed by atoms with E-state index in [0.29, 0.717) is 23.6 Å². The number of rotatable bonds is 5. The summed E-state index contributed by atoms with van der Waals surface area (Å²) in [5.41, 5.74) is 2.76. The predicted octanol–water partition coefficient (Wildman–Crippen LogP) is 3.19. The lowest BCUT2D eigenvalue weighted by Gasteiger charge is -2.12. The fraction of sp³-hybridized carbons (Fsp3) is 0.235. The molecule has 0 spiro atoms. The maximum absolute atomic E-state index is 12.2. The summed E-state index contributed by atoms with van der Waals surface area (Å²) in [6.07, 6.45) is 0.335. The first kappa shape index (κ1) is 14.9. The second kappa shape index (κ2) is 6.79. The normalized spacial score (nSPS) is 10.0. The number of carbonyl (C=O) groups is 1. The van der Waals surface area contributed by atoms with Gasteiger partial charge in [-0.2, -0.15) is 0 Å². The molecule has 4 nitrogen and oxygen atoms in total. The zero-order valence-corrected chi connectivity index (χ0v) is 12.5. The number of ether oxygens (including phenoxy) is 2. The number of amides is 1. The van der Waals surface area contributed by atoms with Crippen LogP contribution in [-0.2, 0) is 11.2 Å². The summed E-state index contributed by atoms with van der Waals surface area (Å²) in [6, 6.07) is 13.1. The molecule has 1 N–H and O–H groups in total. The zero-order valence-electron chi connectivity index (χ0n) is 12.5. The quantitative estimate of drug-likeness (QED) is 0.917. The summed E-state index contributed by atoms with van der Waals surface area (Å²) in [7, 11) is 3.15. The van der Waals surface area contributed by atoms with Crippen molar-refractivity contribution in [3.63, 3.8) is 0 Å². The number of anilines is 1. The van der Waals surface area contributed by atoms with Crippen LogP contribution in [0.5, 0.6) is 11.5 Å². The average molecular weight is 285 g/mol. The molecular weight excluding hydrogens is 266 g/mol. The van der Waals surface area contributed by atoms with Crippen LogP contribution in [0.1, 0.15) is 11.1 Å². The largest absolute Gasteiger partial charge is 0.497 e. The lowest BCUT2D eigenvalue weighted by molar-refractivity contribution is -0.115. The van der Waals surface area contributed by atoms with Crippen LogP contribution in [0, 0.1) is 6.92 Å². The first-order valence-corrected chi connectivity index (χ1v) is 6.70. The van der Waals surface area contributed by atoms with Gasteiger partial charge in [0.05, 0.1) is 26.3 Å². The molecule has 0 unspecified atom stereocenters. The summed E-state index contributed by atoms with van der Waals surface area (Å²) < 4.78 is 10.4. The summed E-state index contributed by atoms with van der Waals surface area (Å²) in [5.74, 6) is 1.18. The predicted molar refractivity (Wildman–Crippen MR) is 83.1 cm³/mol. The second-order valence-electron chi connectivity index (χ2n) is 4.72. The van der Waals surface area contributed by atoms with Gasteiger partial charge in [-0.15, -0.1) is 0 Å². The summed E-state index contributed by atoms with van der Waals surface area (Å²) in [4.78, 5) is 12.2. The lowest BCUT2D eigenvalue weighted by Crippen LogP contribution is -2.15. The Morgan fingerprint density at radius 3 is 2.52 bits per heavy atom. The van der Waals surface area contributed by atoms with E-state index in [0.717, 1.165) is 11.1 Å². The first-order chi connectivity index (χ1) is 10.1. The Bertz CT molecular complexity index is 638. The third-order valence-corrected chi connectivity index (χ3v) is 3.30. The maximum atomic E-state index is 12.2. The Kier molecular flexibility index (Phi) is 4.82. The van der Waals surface area contributed by atoms with Crippen LogP contribution in [-0.4, -0.2) is 20.1 Å². The van der Waals surface area contributed by atoms with E-state index in [1.165, 1.54) is 0 Å². The maximum Gasteiger partial charge on any atom is 0.228 e. The second-order valence-corrected chi connectivity index (χ2v) is 4.72. The molecule has 2 aromatic carbocycles.